The number of aryl methyl sites for hydroxylation is 1. The molecule has 0 aliphatic heterocycles. The van der Waals surface area contributed by atoms with Crippen molar-refractivity contribution in [1.82, 2.24) is 0 Å². The van der Waals surface area contributed by atoms with E-state index in [4.69, 9.17) is 4.74 Å². The predicted octanol–water partition coefficient (Wildman–Crippen LogP) is -0.964. The summed E-state index contributed by atoms with van der Waals surface area (Å²) in [4.78, 5) is 0. The molecular formula is C9H11BF3KO2. The summed E-state index contributed by atoms with van der Waals surface area (Å²) in [6, 6.07) is 3.39. The Balaban J connectivity index is 0.00000225. The van der Waals surface area contributed by atoms with Gasteiger partial charge >= 0.3 is 58.4 Å². The quantitative estimate of drug-likeness (QED) is 0.511. The predicted molar refractivity (Wildman–Crippen MR) is 52.4 cm³/mol. The third kappa shape index (κ3) is 4.77. The van der Waals surface area contributed by atoms with Gasteiger partial charge in [0.05, 0.1) is 0 Å². The molecule has 0 aliphatic carbocycles. The van der Waals surface area contributed by atoms with Crippen molar-refractivity contribution in [3.05, 3.63) is 23.8 Å². The Kier molecular flexibility index (Phi) is 7.23. The maximum atomic E-state index is 12.3. The molecule has 0 aromatic heterocycles. The molecule has 2 nitrogen and oxygen atoms in total. The SMILES string of the molecule is COCOc1ccc([B-](F)(F)F)cc1C.[K+]. The fourth-order valence-corrected chi connectivity index (χ4v) is 1.16. The van der Waals surface area contributed by atoms with E-state index >= 15 is 0 Å². The largest absolute Gasteiger partial charge is 1.00 e. The van der Waals surface area contributed by atoms with Gasteiger partial charge in [0.15, 0.2) is 6.79 Å². The molecule has 0 saturated carbocycles. The van der Waals surface area contributed by atoms with Gasteiger partial charge in [-0.05, 0) is 18.6 Å². The number of halogens is 3. The Bertz CT molecular complexity index is 344. The van der Waals surface area contributed by atoms with Gasteiger partial charge in [0.25, 0.3) is 0 Å². The Hall–Kier alpha value is 0.471. The Morgan fingerprint density at radius 2 is 1.88 bits per heavy atom. The molecule has 1 aromatic rings. The molecule has 16 heavy (non-hydrogen) atoms. The summed E-state index contributed by atoms with van der Waals surface area (Å²) < 4.78 is 46.8. The zero-order chi connectivity index (χ0) is 11.5. The van der Waals surface area contributed by atoms with Crippen molar-refractivity contribution in [2.24, 2.45) is 0 Å². The van der Waals surface area contributed by atoms with Crippen molar-refractivity contribution in [3.63, 3.8) is 0 Å². The molecule has 0 fully saturated rings. The number of hydrogen-bond acceptors (Lipinski definition) is 2. The van der Waals surface area contributed by atoms with E-state index in [0.717, 1.165) is 12.1 Å². The van der Waals surface area contributed by atoms with Gasteiger partial charge in [-0.2, -0.15) is 0 Å². The normalized spacial score (nSPS) is 10.8. The van der Waals surface area contributed by atoms with E-state index in [2.05, 4.69) is 4.74 Å². The van der Waals surface area contributed by atoms with Gasteiger partial charge < -0.3 is 22.4 Å². The van der Waals surface area contributed by atoms with Gasteiger partial charge in [-0.25, -0.2) is 0 Å². The summed E-state index contributed by atoms with van der Waals surface area (Å²) >= 11 is 0. The molecule has 1 rings (SSSR count). The molecule has 7 heteroatoms. The Morgan fingerprint density at radius 1 is 1.25 bits per heavy atom. The van der Waals surface area contributed by atoms with Crippen LogP contribution in [0.4, 0.5) is 12.9 Å². The first-order valence-electron chi connectivity index (χ1n) is 4.37. The van der Waals surface area contributed by atoms with E-state index < -0.39 is 12.4 Å². The van der Waals surface area contributed by atoms with Crippen molar-refractivity contribution < 1.29 is 73.8 Å². The minimum absolute atomic E-state index is 0. The summed E-state index contributed by atoms with van der Waals surface area (Å²) in [6.07, 6.45) is 0. The van der Waals surface area contributed by atoms with Gasteiger partial charge in [0.1, 0.15) is 5.75 Å². The number of hydrogen-bond donors (Lipinski definition) is 0. The number of methoxy groups -OCH3 is 1. The average molecular weight is 258 g/mol. The smallest absolute Gasteiger partial charge is 0.467 e. The second-order valence-corrected chi connectivity index (χ2v) is 3.15. The van der Waals surface area contributed by atoms with E-state index in [1.807, 2.05) is 0 Å². The summed E-state index contributed by atoms with van der Waals surface area (Å²) in [5.74, 6) is 0.403. The molecule has 0 unspecified atom stereocenters. The Morgan fingerprint density at radius 3 is 2.31 bits per heavy atom. The Labute approximate surface area is 135 Å². The van der Waals surface area contributed by atoms with Crippen molar-refractivity contribution >= 4 is 12.4 Å². The van der Waals surface area contributed by atoms with E-state index in [1.54, 1.807) is 6.92 Å². The van der Waals surface area contributed by atoms with E-state index in [-0.39, 0.29) is 58.2 Å². The average Bonchev–Trinajstić information content (AvgIpc) is 2.14. The molecule has 1 aromatic carbocycles. The van der Waals surface area contributed by atoms with E-state index in [1.165, 1.54) is 13.2 Å². The van der Waals surface area contributed by atoms with Crippen molar-refractivity contribution in [2.75, 3.05) is 13.9 Å². The zero-order valence-electron chi connectivity index (χ0n) is 9.47. The molecule has 0 N–H and O–H groups in total. The molecule has 0 bridgehead atoms. The number of benzene rings is 1. The molecule has 84 valence electrons. The standard InChI is InChI=1S/C9H11BF3O2.K/c1-7-5-8(10(11,12)13)3-4-9(7)15-6-14-2;/h3-5H,6H2,1-2H3;/q-1;+1. The van der Waals surface area contributed by atoms with Crippen LogP contribution in [0.3, 0.4) is 0 Å². The third-order valence-electron chi connectivity index (χ3n) is 1.91. The fourth-order valence-electron chi connectivity index (χ4n) is 1.16. The van der Waals surface area contributed by atoms with Crippen LogP contribution in [0.1, 0.15) is 5.56 Å². The molecule has 0 spiro atoms. The molecule has 0 heterocycles. The monoisotopic (exact) mass is 258 g/mol. The minimum atomic E-state index is -4.94. The molecule has 0 atom stereocenters. The van der Waals surface area contributed by atoms with Crippen LogP contribution < -0.4 is 61.6 Å². The van der Waals surface area contributed by atoms with Gasteiger partial charge in [0, 0.05) is 7.11 Å². The van der Waals surface area contributed by atoms with Gasteiger partial charge in [-0.1, -0.05) is 12.1 Å². The first-order chi connectivity index (χ1) is 6.95. The van der Waals surface area contributed by atoms with Crippen LogP contribution >= 0.6 is 0 Å². The molecule has 0 radical (unpaired) electrons. The van der Waals surface area contributed by atoms with Crippen LogP contribution in [0, 0.1) is 6.92 Å². The number of ether oxygens (including phenoxy) is 2. The second-order valence-electron chi connectivity index (χ2n) is 3.15. The van der Waals surface area contributed by atoms with Crippen molar-refractivity contribution in [1.29, 1.82) is 0 Å². The first-order valence-corrected chi connectivity index (χ1v) is 4.37. The van der Waals surface area contributed by atoms with E-state index in [0.29, 0.717) is 11.3 Å². The van der Waals surface area contributed by atoms with Gasteiger partial charge in [-0.15, -0.1) is 5.46 Å². The maximum absolute atomic E-state index is 12.3. The van der Waals surface area contributed by atoms with Crippen LogP contribution in [0.15, 0.2) is 18.2 Å². The van der Waals surface area contributed by atoms with Crippen molar-refractivity contribution in [2.45, 2.75) is 6.92 Å². The molecule has 0 amide bonds. The maximum Gasteiger partial charge on any atom is 1.00 e. The first kappa shape index (κ1) is 16.5. The van der Waals surface area contributed by atoms with E-state index in [9.17, 15) is 12.9 Å². The van der Waals surface area contributed by atoms with Crippen LogP contribution in [0.2, 0.25) is 0 Å². The minimum Gasteiger partial charge on any atom is -0.467 e. The van der Waals surface area contributed by atoms with Crippen LogP contribution in [0.5, 0.6) is 5.75 Å². The van der Waals surface area contributed by atoms with Crippen molar-refractivity contribution in [3.8, 4) is 5.75 Å². The molecular weight excluding hydrogens is 247 g/mol. The topological polar surface area (TPSA) is 18.5 Å². The van der Waals surface area contributed by atoms with Crippen LogP contribution in [-0.4, -0.2) is 20.9 Å². The summed E-state index contributed by atoms with van der Waals surface area (Å²) in [7, 11) is 1.45. The second kappa shape index (κ2) is 7.03. The van der Waals surface area contributed by atoms with Crippen LogP contribution in [-0.2, 0) is 4.74 Å². The zero-order valence-corrected chi connectivity index (χ0v) is 12.6. The summed E-state index contributed by atoms with van der Waals surface area (Å²) in [5, 5.41) is 0. The molecule has 0 aliphatic rings. The molecule has 0 saturated heterocycles. The number of rotatable bonds is 4. The summed E-state index contributed by atoms with van der Waals surface area (Å²) in [5.41, 5.74) is -0.166. The summed E-state index contributed by atoms with van der Waals surface area (Å²) in [6.45, 7) is -3.35. The van der Waals surface area contributed by atoms with Crippen LogP contribution in [0.25, 0.3) is 0 Å². The van der Waals surface area contributed by atoms with Gasteiger partial charge in [0.2, 0.25) is 0 Å². The van der Waals surface area contributed by atoms with Gasteiger partial charge in [-0.3, -0.25) is 0 Å². The third-order valence-corrected chi connectivity index (χ3v) is 1.91. The fraction of sp³-hybridized carbons (Fsp3) is 0.333.